The minimum Gasteiger partial charge on any atom is -0.466 e. The van der Waals surface area contributed by atoms with Gasteiger partial charge >= 0.3 is 5.97 Å². The van der Waals surface area contributed by atoms with E-state index < -0.39 is 0 Å². The van der Waals surface area contributed by atoms with E-state index in [9.17, 15) is 4.79 Å². The van der Waals surface area contributed by atoms with Crippen molar-refractivity contribution in [3.63, 3.8) is 0 Å². The van der Waals surface area contributed by atoms with Crippen molar-refractivity contribution in [3.8, 4) is 0 Å². The van der Waals surface area contributed by atoms with Crippen molar-refractivity contribution in [3.05, 3.63) is 18.2 Å². The van der Waals surface area contributed by atoms with Crippen molar-refractivity contribution in [1.29, 1.82) is 0 Å². The van der Waals surface area contributed by atoms with Crippen LogP contribution >= 0.6 is 0 Å². The van der Waals surface area contributed by atoms with E-state index in [2.05, 4.69) is 15.7 Å². The molecule has 0 saturated heterocycles. The fourth-order valence-corrected chi connectivity index (χ4v) is 1.14. The Hall–Kier alpha value is -1.82. The first kappa shape index (κ1) is 12.3. The van der Waals surface area contributed by atoms with Gasteiger partial charge in [-0.25, -0.2) is 10.8 Å². The third-order valence-electron chi connectivity index (χ3n) is 1.84. The van der Waals surface area contributed by atoms with E-state index in [4.69, 9.17) is 10.6 Å². The molecular weight excluding hydrogens is 208 g/mol. The van der Waals surface area contributed by atoms with Crippen LogP contribution in [-0.4, -0.2) is 24.1 Å². The van der Waals surface area contributed by atoms with Crippen molar-refractivity contribution in [2.75, 3.05) is 23.9 Å². The molecule has 0 bridgehead atoms. The van der Waals surface area contributed by atoms with Crippen molar-refractivity contribution in [1.82, 2.24) is 4.98 Å². The van der Waals surface area contributed by atoms with Crippen LogP contribution in [0.4, 0.5) is 11.6 Å². The zero-order valence-electron chi connectivity index (χ0n) is 9.19. The number of nitrogens with two attached hydrogens (primary N) is 1. The number of nitrogens with zero attached hydrogens (tertiary/aromatic N) is 1. The van der Waals surface area contributed by atoms with Crippen LogP contribution in [0.15, 0.2) is 18.2 Å². The summed E-state index contributed by atoms with van der Waals surface area (Å²) in [6, 6.07) is 5.36. The van der Waals surface area contributed by atoms with Crippen molar-refractivity contribution in [2.45, 2.75) is 13.3 Å². The first-order chi connectivity index (χ1) is 7.76. The molecular formula is C10H16N4O2. The second-order valence-electron chi connectivity index (χ2n) is 3.03. The minimum absolute atomic E-state index is 0.219. The van der Waals surface area contributed by atoms with Crippen LogP contribution in [0.3, 0.4) is 0 Å². The largest absolute Gasteiger partial charge is 0.466 e. The summed E-state index contributed by atoms with van der Waals surface area (Å²) in [4.78, 5) is 15.2. The Kier molecular flexibility index (Phi) is 5.07. The second kappa shape index (κ2) is 6.62. The van der Waals surface area contributed by atoms with Gasteiger partial charge in [-0.2, -0.15) is 0 Å². The van der Waals surface area contributed by atoms with Crippen LogP contribution in [0, 0.1) is 0 Å². The van der Waals surface area contributed by atoms with Crippen LogP contribution in [0.1, 0.15) is 13.3 Å². The lowest BCUT2D eigenvalue weighted by Crippen LogP contribution is -2.13. The van der Waals surface area contributed by atoms with Crippen molar-refractivity contribution < 1.29 is 9.53 Å². The van der Waals surface area contributed by atoms with E-state index in [1.54, 1.807) is 19.1 Å². The average molecular weight is 224 g/mol. The number of hydrogen-bond donors (Lipinski definition) is 3. The number of hydrogen-bond acceptors (Lipinski definition) is 6. The lowest BCUT2D eigenvalue weighted by Gasteiger charge is -2.06. The summed E-state index contributed by atoms with van der Waals surface area (Å²) in [5, 5.41) is 3.00. The average Bonchev–Trinajstić information content (AvgIpc) is 2.30. The highest BCUT2D eigenvalue weighted by atomic mass is 16.5. The maximum absolute atomic E-state index is 11.0. The van der Waals surface area contributed by atoms with E-state index in [0.717, 1.165) is 0 Å². The van der Waals surface area contributed by atoms with Gasteiger partial charge in [0, 0.05) is 6.54 Å². The third kappa shape index (κ3) is 4.14. The molecule has 0 spiro atoms. The maximum atomic E-state index is 11.0. The van der Waals surface area contributed by atoms with Gasteiger partial charge in [0.15, 0.2) is 0 Å². The van der Waals surface area contributed by atoms with Gasteiger partial charge in [-0.1, -0.05) is 6.07 Å². The summed E-state index contributed by atoms with van der Waals surface area (Å²) in [5.74, 6) is 6.24. The standard InChI is InChI=1S/C10H16N4O2/c1-2-16-10(15)6-7-12-8-4-3-5-9(13-8)14-11/h3-5H,2,6-7,11H2,1H3,(H2,12,13,14). The highest BCUT2D eigenvalue weighted by Gasteiger charge is 2.01. The number of carbonyl (C=O) groups excluding carboxylic acids is 1. The number of nitrogen functional groups attached to an aromatic ring is 1. The smallest absolute Gasteiger partial charge is 0.307 e. The summed E-state index contributed by atoms with van der Waals surface area (Å²) < 4.78 is 4.79. The first-order valence-corrected chi connectivity index (χ1v) is 5.09. The summed E-state index contributed by atoms with van der Waals surface area (Å²) >= 11 is 0. The molecule has 0 aliphatic heterocycles. The van der Waals surface area contributed by atoms with Gasteiger partial charge in [-0.05, 0) is 19.1 Å². The summed E-state index contributed by atoms with van der Waals surface area (Å²) in [6.07, 6.45) is 0.315. The van der Waals surface area contributed by atoms with Gasteiger partial charge in [-0.15, -0.1) is 0 Å². The minimum atomic E-state index is -0.219. The lowest BCUT2D eigenvalue weighted by atomic mass is 10.4. The molecule has 1 rings (SSSR count). The second-order valence-corrected chi connectivity index (χ2v) is 3.03. The molecule has 0 aliphatic rings. The number of pyridine rings is 1. The third-order valence-corrected chi connectivity index (χ3v) is 1.84. The number of hydrazine groups is 1. The van der Waals surface area contributed by atoms with E-state index in [1.807, 2.05) is 6.07 Å². The number of aromatic nitrogens is 1. The molecule has 0 saturated carbocycles. The Morgan fingerprint density at radius 3 is 2.94 bits per heavy atom. The van der Waals surface area contributed by atoms with Crippen LogP contribution < -0.4 is 16.6 Å². The maximum Gasteiger partial charge on any atom is 0.307 e. The summed E-state index contributed by atoms with van der Waals surface area (Å²) in [6.45, 7) is 2.67. The normalized spacial score (nSPS) is 9.62. The van der Waals surface area contributed by atoms with E-state index in [0.29, 0.717) is 31.2 Å². The molecule has 0 unspecified atom stereocenters. The Morgan fingerprint density at radius 1 is 1.50 bits per heavy atom. The number of rotatable bonds is 6. The Labute approximate surface area is 94.2 Å². The SMILES string of the molecule is CCOC(=O)CCNc1cccc(NN)n1. The zero-order valence-corrected chi connectivity index (χ0v) is 9.19. The molecule has 0 atom stereocenters. The van der Waals surface area contributed by atoms with Gasteiger partial charge in [0.05, 0.1) is 13.0 Å². The predicted molar refractivity (Wildman–Crippen MR) is 61.8 cm³/mol. The molecule has 88 valence electrons. The molecule has 1 heterocycles. The highest BCUT2D eigenvalue weighted by molar-refractivity contribution is 5.70. The van der Waals surface area contributed by atoms with Gasteiger partial charge in [0.2, 0.25) is 0 Å². The van der Waals surface area contributed by atoms with Gasteiger partial charge in [0.1, 0.15) is 11.6 Å². The molecule has 1 aromatic heterocycles. The zero-order chi connectivity index (χ0) is 11.8. The molecule has 0 aromatic carbocycles. The number of anilines is 2. The predicted octanol–water partition coefficient (Wildman–Crippen LogP) is 0.732. The number of ether oxygens (including phenoxy) is 1. The topological polar surface area (TPSA) is 89.3 Å². The fraction of sp³-hybridized carbons (Fsp3) is 0.400. The van der Waals surface area contributed by atoms with Crippen LogP contribution in [-0.2, 0) is 9.53 Å². The van der Waals surface area contributed by atoms with Gasteiger partial charge in [-0.3, -0.25) is 4.79 Å². The molecule has 1 aromatic rings. The lowest BCUT2D eigenvalue weighted by molar-refractivity contribution is -0.142. The van der Waals surface area contributed by atoms with Crippen molar-refractivity contribution >= 4 is 17.6 Å². The molecule has 6 heteroatoms. The Bertz CT molecular complexity index is 343. The van der Waals surface area contributed by atoms with E-state index in [1.165, 1.54) is 0 Å². The highest BCUT2D eigenvalue weighted by Crippen LogP contribution is 2.07. The Balaban J connectivity index is 2.34. The van der Waals surface area contributed by atoms with E-state index >= 15 is 0 Å². The number of nitrogens with one attached hydrogen (secondary N) is 2. The van der Waals surface area contributed by atoms with Gasteiger partial charge in [0.25, 0.3) is 0 Å². The Morgan fingerprint density at radius 2 is 2.25 bits per heavy atom. The van der Waals surface area contributed by atoms with Crippen LogP contribution in [0.25, 0.3) is 0 Å². The molecule has 16 heavy (non-hydrogen) atoms. The van der Waals surface area contributed by atoms with E-state index in [-0.39, 0.29) is 5.97 Å². The molecule has 0 amide bonds. The van der Waals surface area contributed by atoms with Crippen LogP contribution in [0.2, 0.25) is 0 Å². The fourth-order valence-electron chi connectivity index (χ4n) is 1.14. The summed E-state index contributed by atoms with van der Waals surface area (Å²) in [5.41, 5.74) is 2.44. The monoisotopic (exact) mass is 224 g/mol. The quantitative estimate of drug-likeness (QED) is 0.375. The molecule has 0 radical (unpaired) electrons. The molecule has 0 aliphatic carbocycles. The molecule has 6 nitrogen and oxygen atoms in total. The number of esters is 1. The number of carbonyl (C=O) groups is 1. The molecule has 4 N–H and O–H groups in total. The molecule has 0 fully saturated rings. The van der Waals surface area contributed by atoms with Gasteiger partial charge < -0.3 is 15.5 Å². The van der Waals surface area contributed by atoms with Crippen molar-refractivity contribution in [2.24, 2.45) is 5.84 Å². The first-order valence-electron chi connectivity index (χ1n) is 5.09. The summed E-state index contributed by atoms with van der Waals surface area (Å²) in [7, 11) is 0. The van der Waals surface area contributed by atoms with Crippen LogP contribution in [0.5, 0.6) is 0 Å².